The molecule has 1 saturated heterocycles. The van der Waals surface area contributed by atoms with Crippen LogP contribution in [0.2, 0.25) is 0 Å². The van der Waals surface area contributed by atoms with E-state index in [1.54, 1.807) is 0 Å². The molecule has 5 heteroatoms. The Bertz CT molecular complexity index is 545. The third kappa shape index (κ3) is 2.92. The molecule has 2 saturated carbocycles. The number of furan rings is 1. The first-order valence-electron chi connectivity index (χ1n) is 8.31. The zero-order valence-corrected chi connectivity index (χ0v) is 13.0. The predicted octanol–water partition coefficient (Wildman–Crippen LogP) is 2.31. The largest absolute Gasteiger partial charge is 0.464 e. The number of nitrogens with zero attached hydrogens (tertiary/aromatic N) is 1. The quantitative estimate of drug-likeness (QED) is 0.837. The van der Waals surface area contributed by atoms with E-state index in [1.165, 1.54) is 6.42 Å². The number of carbonyl (C=O) groups excluding carboxylic acids is 1. The summed E-state index contributed by atoms with van der Waals surface area (Å²) in [4.78, 5) is 14.6. The second-order valence-electron chi connectivity index (χ2n) is 6.76. The monoisotopic (exact) mass is 305 g/mol. The molecule has 0 unspecified atom stereocenters. The minimum atomic E-state index is -0.452. The highest BCUT2D eigenvalue weighted by atomic mass is 16.6. The van der Waals surface area contributed by atoms with Gasteiger partial charge >= 0.3 is 0 Å². The van der Waals surface area contributed by atoms with Crippen molar-refractivity contribution in [3.05, 3.63) is 23.7 Å². The van der Waals surface area contributed by atoms with E-state index < -0.39 is 6.10 Å². The lowest BCUT2D eigenvalue weighted by Gasteiger charge is -2.29. The van der Waals surface area contributed by atoms with E-state index in [1.807, 2.05) is 11.0 Å². The number of rotatable bonds is 5. The van der Waals surface area contributed by atoms with Gasteiger partial charge in [-0.05, 0) is 37.3 Å². The van der Waals surface area contributed by atoms with Crippen LogP contribution in [0.5, 0.6) is 0 Å². The standard InChI is InChI=1S/C17H23NO4/c1-11-8-14(11)15-5-4-13(22-15)9-18(12-2-3-12)17(19)16-10-20-6-7-21-16/h4-5,11-12,14,16H,2-3,6-10H2,1H3/t11-,14-,16+/m1/s1. The molecular formula is C17H23NO4. The third-order valence-corrected chi connectivity index (χ3v) is 4.85. The summed E-state index contributed by atoms with van der Waals surface area (Å²) in [5.41, 5.74) is 0. The minimum absolute atomic E-state index is 0.0416. The van der Waals surface area contributed by atoms with Gasteiger partial charge < -0.3 is 18.8 Å². The smallest absolute Gasteiger partial charge is 0.254 e. The van der Waals surface area contributed by atoms with Crippen molar-refractivity contribution < 1.29 is 18.7 Å². The molecule has 22 heavy (non-hydrogen) atoms. The van der Waals surface area contributed by atoms with Gasteiger partial charge in [0.2, 0.25) is 0 Å². The lowest BCUT2D eigenvalue weighted by molar-refractivity contribution is -0.159. The molecule has 2 heterocycles. The molecule has 4 rings (SSSR count). The molecule has 1 aromatic heterocycles. The van der Waals surface area contributed by atoms with Gasteiger partial charge in [-0.3, -0.25) is 4.79 Å². The lowest BCUT2D eigenvalue weighted by atomic mass is 10.2. The van der Waals surface area contributed by atoms with Crippen LogP contribution < -0.4 is 0 Å². The van der Waals surface area contributed by atoms with Gasteiger partial charge in [-0.25, -0.2) is 0 Å². The van der Waals surface area contributed by atoms with E-state index in [9.17, 15) is 4.79 Å². The van der Waals surface area contributed by atoms with E-state index >= 15 is 0 Å². The van der Waals surface area contributed by atoms with Crippen molar-refractivity contribution in [1.29, 1.82) is 0 Å². The highest BCUT2D eigenvalue weighted by molar-refractivity contribution is 5.81. The van der Waals surface area contributed by atoms with E-state index in [4.69, 9.17) is 13.9 Å². The Labute approximate surface area is 130 Å². The third-order valence-electron chi connectivity index (χ3n) is 4.85. The zero-order valence-electron chi connectivity index (χ0n) is 13.0. The summed E-state index contributed by atoms with van der Waals surface area (Å²) in [5, 5.41) is 0. The van der Waals surface area contributed by atoms with Crippen molar-refractivity contribution >= 4 is 5.91 Å². The molecule has 3 fully saturated rings. The fourth-order valence-corrected chi connectivity index (χ4v) is 3.15. The van der Waals surface area contributed by atoms with Crippen LogP contribution in [0.4, 0.5) is 0 Å². The fraction of sp³-hybridized carbons (Fsp3) is 0.706. The molecule has 5 nitrogen and oxygen atoms in total. The molecule has 0 aromatic carbocycles. The summed E-state index contributed by atoms with van der Waals surface area (Å²) in [6.07, 6.45) is 2.91. The Morgan fingerprint density at radius 2 is 2.14 bits per heavy atom. The average molecular weight is 305 g/mol. The number of hydrogen-bond acceptors (Lipinski definition) is 4. The van der Waals surface area contributed by atoms with Crippen molar-refractivity contribution in [1.82, 2.24) is 4.90 Å². The SMILES string of the molecule is C[C@@H]1C[C@H]1c1ccc(CN(C(=O)[C@@H]2COCCO2)C2CC2)o1. The van der Waals surface area contributed by atoms with Gasteiger partial charge in [0.15, 0.2) is 6.10 Å². The zero-order chi connectivity index (χ0) is 15.1. The molecule has 1 aliphatic heterocycles. The Hall–Kier alpha value is -1.33. The van der Waals surface area contributed by atoms with Gasteiger partial charge in [-0.1, -0.05) is 6.92 Å². The van der Waals surface area contributed by atoms with Crippen LogP contribution in [-0.4, -0.2) is 42.8 Å². The number of ether oxygens (including phenoxy) is 2. The van der Waals surface area contributed by atoms with Gasteiger partial charge in [0.1, 0.15) is 11.5 Å². The van der Waals surface area contributed by atoms with Gasteiger partial charge in [-0.2, -0.15) is 0 Å². The number of hydrogen-bond donors (Lipinski definition) is 0. The summed E-state index contributed by atoms with van der Waals surface area (Å²) in [6, 6.07) is 4.42. The van der Waals surface area contributed by atoms with Crippen molar-refractivity contribution in [3.8, 4) is 0 Å². The van der Waals surface area contributed by atoms with Crippen LogP contribution >= 0.6 is 0 Å². The minimum Gasteiger partial charge on any atom is -0.464 e. The molecule has 2 aliphatic carbocycles. The summed E-state index contributed by atoms with van der Waals surface area (Å²) < 4.78 is 16.9. The van der Waals surface area contributed by atoms with Gasteiger partial charge in [-0.15, -0.1) is 0 Å². The van der Waals surface area contributed by atoms with Crippen molar-refractivity contribution in [3.63, 3.8) is 0 Å². The second kappa shape index (κ2) is 5.70. The van der Waals surface area contributed by atoms with Gasteiger partial charge in [0.05, 0.1) is 26.4 Å². The Balaban J connectivity index is 1.43. The summed E-state index contributed by atoms with van der Waals surface area (Å²) in [5.74, 6) is 3.30. The molecule has 1 aromatic rings. The van der Waals surface area contributed by atoms with Crippen LogP contribution in [0.3, 0.4) is 0 Å². The van der Waals surface area contributed by atoms with Crippen LogP contribution in [0.25, 0.3) is 0 Å². The first-order chi connectivity index (χ1) is 10.7. The molecule has 3 aliphatic rings. The average Bonchev–Trinajstić information content (AvgIpc) is 3.46. The van der Waals surface area contributed by atoms with Gasteiger partial charge in [0, 0.05) is 12.0 Å². The highest BCUT2D eigenvalue weighted by Gasteiger charge is 2.39. The molecule has 3 atom stereocenters. The number of amides is 1. The number of carbonyl (C=O) groups is 1. The van der Waals surface area contributed by atoms with Crippen LogP contribution in [-0.2, 0) is 20.8 Å². The normalized spacial score (nSPS) is 31.0. The van der Waals surface area contributed by atoms with E-state index in [-0.39, 0.29) is 5.91 Å². The maximum atomic E-state index is 12.7. The van der Waals surface area contributed by atoms with E-state index in [2.05, 4.69) is 13.0 Å². The lowest BCUT2D eigenvalue weighted by Crippen LogP contribution is -2.45. The molecule has 0 radical (unpaired) electrons. The van der Waals surface area contributed by atoms with Crippen molar-refractivity contribution in [2.75, 3.05) is 19.8 Å². The van der Waals surface area contributed by atoms with E-state index in [0.717, 1.165) is 30.3 Å². The summed E-state index contributed by atoms with van der Waals surface area (Å²) >= 11 is 0. The summed E-state index contributed by atoms with van der Waals surface area (Å²) in [7, 11) is 0. The van der Waals surface area contributed by atoms with Crippen LogP contribution in [0, 0.1) is 5.92 Å². The first-order valence-corrected chi connectivity index (χ1v) is 8.31. The van der Waals surface area contributed by atoms with Crippen molar-refractivity contribution in [2.45, 2.75) is 50.8 Å². The molecule has 0 N–H and O–H groups in total. The molecular weight excluding hydrogens is 282 g/mol. The highest BCUT2D eigenvalue weighted by Crippen LogP contribution is 2.47. The fourth-order valence-electron chi connectivity index (χ4n) is 3.15. The van der Waals surface area contributed by atoms with Crippen LogP contribution in [0.1, 0.15) is 43.6 Å². The van der Waals surface area contributed by atoms with Crippen molar-refractivity contribution in [2.24, 2.45) is 5.92 Å². The summed E-state index contributed by atoms with van der Waals surface area (Å²) in [6.45, 7) is 4.23. The maximum Gasteiger partial charge on any atom is 0.254 e. The Morgan fingerprint density at radius 1 is 1.32 bits per heavy atom. The van der Waals surface area contributed by atoms with Gasteiger partial charge in [0.25, 0.3) is 5.91 Å². The molecule has 1 amide bonds. The van der Waals surface area contributed by atoms with E-state index in [0.29, 0.717) is 38.3 Å². The Kier molecular flexibility index (Phi) is 3.70. The topological polar surface area (TPSA) is 51.9 Å². The second-order valence-corrected chi connectivity index (χ2v) is 6.76. The molecule has 0 bridgehead atoms. The first kappa shape index (κ1) is 14.3. The maximum absolute atomic E-state index is 12.7. The molecule has 0 spiro atoms. The van der Waals surface area contributed by atoms with Crippen LogP contribution in [0.15, 0.2) is 16.5 Å². The molecule has 120 valence electrons. The predicted molar refractivity (Wildman–Crippen MR) is 79.4 cm³/mol. The Morgan fingerprint density at radius 3 is 2.77 bits per heavy atom.